The van der Waals surface area contributed by atoms with Crippen LogP contribution in [-0.4, -0.2) is 36.9 Å². The lowest BCUT2D eigenvalue weighted by Crippen LogP contribution is -2.29. The fourth-order valence-corrected chi connectivity index (χ4v) is 3.59. The Morgan fingerprint density at radius 1 is 1.10 bits per heavy atom. The molecule has 0 atom stereocenters. The van der Waals surface area contributed by atoms with Crippen molar-refractivity contribution >= 4 is 28.5 Å². The Balaban J connectivity index is 1.48. The highest BCUT2D eigenvalue weighted by Crippen LogP contribution is 2.24. The van der Waals surface area contributed by atoms with Crippen molar-refractivity contribution < 1.29 is 18.7 Å². The number of nitrogens with one attached hydrogen (secondary N) is 1. The average molecular weight is 406 g/mol. The van der Waals surface area contributed by atoms with E-state index in [0.717, 1.165) is 31.5 Å². The SMILES string of the molecule is COc1cccc2cc(C(=O)Nc3ccc(CC(=O)N4CCCC4)cc3)c(=O)oc12. The minimum atomic E-state index is -0.739. The van der Waals surface area contributed by atoms with Crippen LogP contribution in [0.4, 0.5) is 5.69 Å². The largest absolute Gasteiger partial charge is 0.493 e. The summed E-state index contributed by atoms with van der Waals surface area (Å²) in [7, 11) is 1.48. The molecule has 1 saturated heterocycles. The number of para-hydroxylation sites is 1. The molecule has 30 heavy (non-hydrogen) atoms. The summed E-state index contributed by atoms with van der Waals surface area (Å²) in [6, 6.07) is 13.7. The highest BCUT2D eigenvalue weighted by Gasteiger charge is 2.18. The number of nitrogens with zero attached hydrogens (tertiary/aromatic N) is 1. The Labute approximate surface area is 173 Å². The quantitative estimate of drug-likeness (QED) is 0.657. The normalized spacial score (nSPS) is 13.4. The predicted molar refractivity (Wildman–Crippen MR) is 113 cm³/mol. The van der Waals surface area contributed by atoms with E-state index in [1.54, 1.807) is 42.5 Å². The van der Waals surface area contributed by atoms with Gasteiger partial charge in [-0.05, 0) is 42.7 Å². The number of carbonyl (C=O) groups excluding carboxylic acids is 2. The van der Waals surface area contributed by atoms with E-state index in [4.69, 9.17) is 9.15 Å². The molecule has 2 heterocycles. The minimum Gasteiger partial charge on any atom is -0.493 e. The maximum atomic E-state index is 12.6. The molecule has 3 aromatic rings. The lowest BCUT2D eigenvalue weighted by atomic mass is 10.1. The topological polar surface area (TPSA) is 88.9 Å². The first kappa shape index (κ1) is 19.7. The summed E-state index contributed by atoms with van der Waals surface area (Å²) in [4.78, 5) is 39.0. The third-order valence-electron chi connectivity index (χ3n) is 5.21. The first-order valence-electron chi connectivity index (χ1n) is 9.84. The maximum absolute atomic E-state index is 12.6. The van der Waals surface area contributed by atoms with Crippen molar-refractivity contribution in [1.82, 2.24) is 4.90 Å². The van der Waals surface area contributed by atoms with E-state index in [9.17, 15) is 14.4 Å². The Morgan fingerprint density at radius 3 is 2.53 bits per heavy atom. The van der Waals surface area contributed by atoms with Crippen LogP contribution in [0.1, 0.15) is 28.8 Å². The van der Waals surface area contributed by atoms with Gasteiger partial charge in [0.15, 0.2) is 11.3 Å². The summed E-state index contributed by atoms with van der Waals surface area (Å²) < 4.78 is 10.5. The lowest BCUT2D eigenvalue weighted by Gasteiger charge is -2.15. The Morgan fingerprint density at radius 2 is 1.83 bits per heavy atom. The molecule has 1 aliphatic rings. The molecule has 0 radical (unpaired) electrons. The van der Waals surface area contributed by atoms with Crippen molar-refractivity contribution in [2.24, 2.45) is 0 Å². The molecule has 154 valence electrons. The zero-order valence-corrected chi connectivity index (χ0v) is 16.6. The summed E-state index contributed by atoms with van der Waals surface area (Å²) in [6.07, 6.45) is 2.46. The van der Waals surface area contributed by atoms with E-state index in [-0.39, 0.29) is 11.5 Å². The number of methoxy groups -OCH3 is 1. The summed E-state index contributed by atoms with van der Waals surface area (Å²) >= 11 is 0. The van der Waals surface area contributed by atoms with Crippen LogP contribution in [0.2, 0.25) is 0 Å². The van der Waals surface area contributed by atoms with E-state index in [0.29, 0.717) is 28.8 Å². The van der Waals surface area contributed by atoms with Gasteiger partial charge in [0.1, 0.15) is 5.56 Å². The van der Waals surface area contributed by atoms with Crippen LogP contribution in [0.15, 0.2) is 57.7 Å². The number of carbonyl (C=O) groups is 2. The third kappa shape index (κ3) is 4.05. The monoisotopic (exact) mass is 406 g/mol. The molecule has 7 nitrogen and oxygen atoms in total. The molecule has 7 heteroatoms. The molecular formula is C23H22N2O5. The van der Waals surface area contributed by atoms with Crippen molar-refractivity contribution in [2.45, 2.75) is 19.3 Å². The van der Waals surface area contributed by atoms with Crippen LogP contribution < -0.4 is 15.7 Å². The van der Waals surface area contributed by atoms with Gasteiger partial charge in [-0.2, -0.15) is 0 Å². The predicted octanol–water partition coefficient (Wildman–Crippen LogP) is 3.22. The van der Waals surface area contributed by atoms with Gasteiger partial charge in [-0.25, -0.2) is 4.79 Å². The van der Waals surface area contributed by atoms with Gasteiger partial charge in [0.2, 0.25) is 5.91 Å². The van der Waals surface area contributed by atoms with Crippen molar-refractivity contribution in [3.05, 3.63) is 70.1 Å². The van der Waals surface area contributed by atoms with E-state index < -0.39 is 11.5 Å². The number of benzene rings is 2. The van der Waals surface area contributed by atoms with Crippen LogP contribution >= 0.6 is 0 Å². The number of fused-ring (bicyclic) bond motifs is 1. The number of amides is 2. The number of ether oxygens (including phenoxy) is 1. The maximum Gasteiger partial charge on any atom is 0.349 e. The first-order chi connectivity index (χ1) is 14.5. The highest BCUT2D eigenvalue weighted by atomic mass is 16.5. The molecule has 0 unspecified atom stereocenters. The summed E-state index contributed by atoms with van der Waals surface area (Å²) in [6.45, 7) is 1.65. The van der Waals surface area contributed by atoms with Gasteiger partial charge < -0.3 is 19.4 Å². The Hall–Kier alpha value is -3.61. The van der Waals surface area contributed by atoms with Crippen molar-refractivity contribution in [1.29, 1.82) is 0 Å². The van der Waals surface area contributed by atoms with Gasteiger partial charge in [-0.3, -0.25) is 9.59 Å². The molecule has 1 aliphatic heterocycles. The number of rotatable bonds is 5. The molecule has 1 N–H and O–H groups in total. The van der Waals surface area contributed by atoms with E-state index in [1.807, 2.05) is 4.90 Å². The standard InChI is InChI=1S/C23H22N2O5/c1-29-19-6-4-5-16-14-18(23(28)30-21(16)19)22(27)24-17-9-7-15(8-10-17)13-20(26)25-11-2-3-12-25/h4-10,14H,2-3,11-13H2,1H3,(H,24,27). The number of likely N-dealkylation sites (tertiary alicyclic amines) is 1. The zero-order chi connectivity index (χ0) is 21.1. The van der Waals surface area contributed by atoms with Crippen molar-refractivity contribution in [3.63, 3.8) is 0 Å². The molecular weight excluding hydrogens is 384 g/mol. The molecule has 4 rings (SSSR count). The van der Waals surface area contributed by atoms with Crippen LogP contribution in [-0.2, 0) is 11.2 Å². The van der Waals surface area contributed by atoms with Crippen LogP contribution in [0.5, 0.6) is 5.75 Å². The summed E-state index contributed by atoms with van der Waals surface area (Å²) in [5, 5.41) is 3.29. The summed E-state index contributed by atoms with van der Waals surface area (Å²) in [5.41, 5.74) is 0.875. The molecule has 0 aliphatic carbocycles. The third-order valence-corrected chi connectivity index (χ3v) is 5.21. The summed E-state index contributed by atoms with van der Waals surface area (Å²) in [5.74, 6) is -0.0153. The van der Waals surface area contributed by atoms with Gasteiger partial charge in [-0.1, -0.05) is 24.3 Å². The van der Waals surface area contributed by atoms with E-state index in [2.05, 4.69) is 5.32 Å². The smallest absolute Gasteiger partial charge is 0.349 e. The van der Waals surface area contributed by atoms with Gasteiger partial charge in [-0.15, -0.1) is 0 Å². The molecule has 0 bridgehead atoms. The first-order valence-corrected chi connectivity index (χ1v) is 9.84. The molecule has 2 amide bonds. The number of hydrogen-bond donors (Lipinski definition) is 1. The van der Waals surface area contributed by atoms with Crippen molar-refractivity contribution in [2.75, 3.05) is 25.5 Å². The molecule has 2 aromatic carbocycles. The van der Waals surface area contributed by atoms with Crippen LogP contribution in [0.25, 0.3) is 11.0 Å². The van der Waals surface area contributed by atoms with E-state index >= 15 is 0 Å². The van der Waals surface area contributed by atoms with Gasteiger partial charge in [0.25, 0.3) is 5.91 Å². The second-order valence-electron chi connectivity index (χ2n) is 7.24. The highest BCUT2D eigenvalue weighted by molar-refractivity contribution is 6.05. The van der Waals surface area contributed by atoms with Crippen LogP contribution in [0, 0.1) is 0 Å². The second-order valence-corrected chi connectivity index (χ2v) is 7.24. The minimum absolute atomic E-state index is 0.0935. The van der Waals surface area contributed by atoms with Gasteiger partial charge in [0.05, 0.1) is 13.5 Å². The average Bonchev–Trinajstić information content (AvgIpc) is 3.29. The Bertz CT molecular complexity index is 1140. The molecule has 0 spiro atoms. The lowest BCUT2D eigenvalue weighted by molar-refractivity contribution is -0.129. The fourth-order valence-electron chi connectivity index (χ4n) is 3.59. The van der Waals surface area contributed by atoms with Gasteiger partial charge >= 0.3 is 5.63 Å². The van der Waals surface area contributed by atoms with Crippen molar-refractivity contribution in [3.8, 4) is 5.75 Å². The fraction of sp³-hybridized carbons (Fsp3) is 0.261. The van der Waals surface area contributed by atoms with E-state index in [1.165, 1.54) is 13.2 Å². The van der Waals surface area contributed by atoms with Gasteiger partial charge in [0, 0.05) is 24.2 Å². The molecule has 1 fully saturated rings. The second kappa shape index (κ2) is 8.41. The molecule has 0 saturated carbocycles. The number of anilines is 1. The Kier molecular flexibility index (Phi) is 5.52. The van der Waals surface area contributed by atoms with Crippen LogP contribution in [0.3, 0.4) is 0 Å². The zero-order valence-electron chi connectivity index (χ0n) is 16.6. The number of hydrogen-bond acceptors (Lipinski definition) is 5. The molecule has 1 aromatic heterocycles.